The number of imidazole rings is 1. The maximum absolute atomic E-state index is 11.9. The highest BCUT2D eigenvalue weighted by atomic mass is 35.5. The Labute approximate surface area is 118 Å². The van der Waals surface area contributed by atoms with Crippen molar-refractivity contribution in [2.24, 2.45) is 0 Å². The lowest BCUT2D eigenvalue weighted by Gasteiger charge is -2.24. The molecule has 0 saturated heterocycles. The van der Waals surface area contributed by atoms with Crippen molar-refractivity contribution in [1.82, 2.24) is 9.55 Å². The highest BCUT2D eigenvalue weighted by molar-refractivity contribution is 6.30. The number of hydrogen-bond acceptors (Lipinski definition) is 3. The van der Waals surface area contributed by atoms with E-state index in [0.29, 0.717) is 11.1 Å². The SMILES string of the molecule is COC(=O)C1CCCn2c(C3CCCC3)nc(Cl)c21. The molecule has 19 heavy (non-hydrogen) atoms. The van der Waals surface area contributed by atoms with Gasteiger partial charge in [0.2, 0.25) is 0 Å². The third-order valence-electron chi connectivity index (χ3n) is 4.40. The molecular weight excluding hydrogens is 264 g/mol. The molecule has 0 spiro atoms. The van der Waals surface area contributed by atoms with E-state index < -0.39 is 0 Å². The van der Waals surface area contributed by atoms with Gasteiger partial charge < -0.3 is 9.30 Å². The van der Waals surface area contributed by atoms with E-state index in [0.717, 1.165) is 30.9 Å². The molecular formula is C14H19ClN2O2. The van der Waals surface area contributed by atoms with Crippen molar-refractivity contribution in [3.63, 3.8) is 0 Å². The maximum atomic E-state index is 11.9. The molecule has 1 aliphatic heterocycles. The molecule has 1 atom stereocenters. The Kier molecular flexibility index (Phi) is 3.52. The van der Waals surface area contributed by atoms with Gasteiger partial charge in [0.1, 0.15) is 11.7 Å². The van der Waals surface area contributed by atoms with Crippen LogP contribution in [0.1, 0.15) is 61.9 Å². The predicted octanol–water partition coefficient (Wildman–Crippen LogP) is 3.24. The van der Waals surface area contributed by atoms with Crippen LogP contribution in [0.3, 0.4) is 0 Å². The Morgan fingerprint density at radius 2 is 2.05 bits per heavy atom. The van der Waals surface area contributed by atoms with Crippen molar-refractivity contribution in [1.29, 1.82) is 0 Å². The highest BCUT2D eigenvalue weighted by Gasteiger charge is 2.35. The van der Waals surface area contributed by atoms with Crippen LogP contribution in [0.2, 0.25) is 5.15 Å². The number of carbonyl (C=O) groups excluding carboxylic acids is 1. The first-order chi connectivity index (χ1) is 9.22. The molecule has 0 bridgehead atoms. The average molecular weight is 283 g/mol. The van der Waals surface area contributed by atoms with Crippen LogP contribution >= 0.6 is 11.6 Å². The molecule has 2 heterocycles. The van der Waals surface area contributed by atoms with E-state index in [1.54, 1.807) is 0 Å². The fourth-order valence-electron chi connectivity index (χ4n) is 3.48. The van der Waals surface area contributed by atoms with E-state index in [-0.39, 0.29) is 11.9 Å². The van der Waals surface area contributed by atoms with E-state index in [4.69, 9.17) is 16.3 Å². The van der Waals surface area contributed by atoms with Gasteiger partial charge in [-0.1, -0.05) is 24.4 Å². The highest BCUT2D eigenvalue weighted by Crippen LogP contribution is 2.40. The smallest absolute Gasteiger partial charge is 0.314 e. The minimum Gasteiger partial charge on any atom is -0.469 e. The number of carbonyl (C=O) groups is 1. The molecule has 1 saturated carbocycles. The lowest BCUT2D eigenvalue weighted by atomic mass is 9.96. The van der Waals surface area contributed by atoms with Crippen molar-refractivity contribution in [2.75, 3.05) is 7.11 Å². The Morgan fingerprint density at radius 3 is 2.74 bits per heavy atom. The predicted molar refractivity (Wildman–Crippen MR) is 72.4 cm³/mol. The second-order valence-corrected chi connectivity index (χ2v) is 5.86. The van der Waals surface area contributed by atoms with Gasteiger partial charge in [-0.3, -0.25) is 4.79 Å². The van der Waals surface area contributed by atoms with Gasteiger partial charge in [0.25, 0.3) is 0 Å². The summed E-state index contributed by atoms with van der Waals surface area (Å²) in [5, 5.41) is 0.497. The Morgan fingerprint density at radius 1 is 1.32 bits per heavy atom. The van der Waals surface area contributed by atoms with Crippen LogP contribution in [0.5, 0.6) is 0 Å². The average Bonchev–Trinajstić information content (AvgIpc) is 3.06. The molecule has 4 nitrogen and oxygen atoms in total. The van der Waals surface area contributed by atoms with Crippen LogP contribution in [0, 0.1) is 0 Å². The summed E-state index contributed by atoms with van der Waals surface area (Å²) >= 11 is 6.30. The number of halogens is 1. The van der Waals surface area contributed by atoms with E-state index in [9.17, 15) is 4.79 Å². The summed E-state index contributed by atoms with van der Waals surface area (Å²) in [6.07, 6.45) is 6.71. The molecule has 0 amide bonds. The molecule has 1 aliphatic carbocycles. The lowest BCUT2D eigenvalue weighted by molar-refractivity contribution is -0.143. The Hall–Kier alpha value is -1.03. The van der Waals surface area contributed by atoms with Gasteiger partial charge in [0.15, 0.2) is 5.15 Å². The first kappa shape index (κ1) is 13.0. The Bertz CT molecular complexity index is 492. The molecule has 0 radical (unpaired) electrons. The summed E-state index contributed by atoms with van der Waals surface area (Å²) in [5.74, 6) is 1.17. The zero-order chi connectivity index (χ0) is 13.4. The molecule has 3 rings (SSSR count). The van der Waals surface area contributed by atoms with Gasteiger partial charge in [-0.05, 0) is 25.7 Å². The molecule has 104 valence electrons. The number of hydrogen-bond donors (Lipinski definition) is 0. The van der Waals surface area contributed by atoms with Crippen molar-refractivity contribution in [3.05, 3.63) is 16.7 Å². The fourth-order valence-corrected chi connectivity index (χ4v) is 3.80. The minimum atomic E-state index is -0.242. The van der Waals surface area contributed by atoms with Crippen molar-refractivity contribution < 1.29 is 9.53 Å². The second kappa shape index (κ2) is 5.16. The molecule has 1 aromatic heterocycles. The maximum Gasteiger partial charge on any atom is 0.314 e. The summed E-state index contributed by atoms with van der Waals surface area (Å²) < 4.78 is 7.08. The number of ether oxygens (including phenoxy) is 1. The third kappa shape index (κ3) is 2.16. The summed E-state index contributed by atoms with van der Waals surface area (Å²) in [5.41, 5.74) is 0.877. The molecule has 1 aromatic rings. The summed E-state index contributed by atoms with van der Waals surface area (Å²) in [6, 6.07) is 0. The quantitative estimate of drug-likeness (QED) is 0.782. The van der Waals surface area contributed by atoms with E-state index >= 15 is 0 Å². The zero-order valence-electron chi connectivity index (χ0n) is 11.2. The standard InChI is InChI=1S/C14H19ClN2O2/c1-19-14(18)10-7-4-8-17-11(10)12(15)16-13(17)9-5-2-3-6-9/h9-10H,2-8H2,1H3. The topological polar surface area (TPSA) is 44.1 Å². The third-order valence-corrected chi connectivity index (χ3v) is 4.68. The zero-order valence-corrected chi connectivity index (χ0v) is 11.9. The molecule has 5 heteroatoms. The van der Waals surface area contributed by atoms with Gasteiger partial charge in [-0.15, -0.1) is 0 Å². The van der Waals surface area contributed by atoms with E-state index in [1.807, 2.05) is 0 Å². The number of nitrogens with zero attached hydrogens (tertiary/aromatic N) is 2. The number of rotatable bonds is 2. The van der Waals surface area contributed by atoms with Crippen molar-refractivity contribution in [3.8, 4) is 0 Å². The number of fused-ring (bicyclic) bond motifs is 1. The van der Waals surface area contributed by atoms with E-state index in [2.05, 4.69) is 9.55 Å². The largest absolute Gasteiger partial charge is 0.469 e. The molecule has 2 aliphatic rings. The van der Waals surface area contributed by atoms with Crippen LogP contribution in [0.4, 0.5) is 0 Å². The normalized spacial score (nSPS) is 23.4. The van der Waals surface area contributed by atoms with Gasteiger partial charge >= 0.3 is 5.97 Å². The second-order valence-electron chi connectivity index (χ2n) is 5.50. The monoisotopic (exact) mass is 282 g/mol. The van der Waals surface area contributed by atoms with Crippen LogP contribution in [-0.4, -0.2) is 22.6 Å². The summed E-state index contributed by atoms with van der Waals surface area (Å²) in [6.45, 7) is 0.925. The first-order valence-corrected chi connectivity index (χ1v) is 7.43. The molecule has 1 fully saturated rings. The fraction of sp³-hybridized carbons (Fsp3) is 0.714. The first-order valence-electron chi connectivity index (χ1n) is 7.06. The van der Waals surface area contributed by atoms with Gasteiger partial charge in [0.05, 0.1) is 12.8 Å². The number of methoxy groups -OCH3 is 1. The lowest BCUT2D eigenvalue weighted by Crippen LogP contribution is -2.24. The molecule has 0 N–H and O–H groups in total. The Balaban J connectivity index is 2.00. The van der Waals surface area contributed by atoms with Crippen molar-refractivity contribution >= 4 is 17.6 Å². The molecule has 1 unspecified atom stereocenters. The van der Waals surface area contributed by atoms with Crippen molar-refractivity contribution in [2.45, 2.75) is 56.9 Å². The van der Waals surface area contributed by atoms with Crippen LogP contribution < -0.4 is 0 Å². The van der Waals surface area contributed by atoms with E-state index in [1.165, 1.54) is 32.8 Å². The number of aromatic nitrogens is 2. The molecule has 0 aromatic carbocycles. The summed E-state index contributed by atoms with van der Waals surface area (Å²) in [4.78, 5) is 16.5. The van der Waals surface area contributed by atoms with Crippen LogP contribution in [0.25, 0.3) is 0 Å². The van der Waals surface area contributed by atoms with Gasteiger partial charge in [0, 0.05) is 12.5 Å². The van der Waals surface area contributed by atoms with Crippen LogP contribution in [0.15, 0.2) is 0 Å². The van der Waals surface area contributed by atoms with Crippen LogP contribution in [-0.2, 0) is 16.1 Å². The summed E-state index contributed by atoms with van der Waals surface area (Å²) in [7, 11) is 1.43. The number of esters is 1. The van der Waals surface area contributed by atoms with Gasteiger partial charge in [-0.25, -0.2) is 4.98 Å². The van der Waals surface area contributed by atoms with Gasteiger partial charge in [-0.2, -0.15) is 0 Å². The minimum absolute atomic E-state index is 0.194.